The smallest absolute Gasteiger partial charge is 0.220 e. The fourth-order valence-electron chi connectivity index (χ4n) is 3.02. The average molecular weight is 392 g/mol. The summed E-state index contributed by atoms with van der Waals surface area (Å²) in [6, 6.07) is 6.50. The third-order valence-electron chi connectivity index (χ3n) is 4.49. The Balaban J connectivity index is 1.36. The number of benzene rings is 1. The van der Waals surface area contributed by atoms with Crippen LogP contribution in [-0.2, 0) is 11.2 Å². The molecule has 1 amide bonds. The van der Waals surface area contributed by atoms with Crippen LogP contribution in [0.5, 0.6) is 0 Å². The number of hydrogen-bond acceptors (Lipinski definition) is 5. The zero-order valence-corrected chi connectivity index (χ0v) is 15.8. The summed E-state index contributed by atoms with van der Waals surface area (Å²) in [6.45, 7) is 3.16. The largest absolute Gasteiger partial charge is 0.370 e. The van der Waals surface area contributed by atoms with Gasteiger partial charge in [0, 0.05) is 38.7 Å². The van der Waals surface area contributed by atoms with Crippen molar-refractivity contribution in [1.82, 2.24) is 15.5 Å². The predicted molar refractivity (Wildman–Crippen MR) is 105 cm³/mol. The van der Waals surface area contributed by atoms with E-state index in [1.54, 1.807) is 18.3 Å². The van der Waals surface area contributed by atoms with E-state index in [1.807, 2.05) is 6.07 Å². The highest BCUT2D eigenvalue weighted by Gasteiger charge is 2.13. The molecule has 0 spiro atoms. The first-order valence-electron chi connectivity index (χ1n) is 9.14. The highest BCUT2D eigenvalue weighted by Crippen LogP contribution is 2.20. The van der Waals surface area contributed by atoms with E-state index in [1.165, 1.54) is 18.9 Å². The lowest BCUT2D eigenvalue weighted by Gasteiger charge is -2.17. The number of hydrogen-bond donors (Lipinski definition) is 2. The monoisotopic (exact) mass is 391 g/mol. The van der Waals surface area contributed by atoms with Crippen molar-refractivity contribution in [2.75, 3.05) is 36.4 Å². The summed E-state index contributed by atoms with van der Waals surface area (Å²) in [6.07, 6.45) is 5.04. The van der Waals surface area contributed by atoms with Crippen LogP contribution in [0.15, 0.2) is 30.5 Å². The molecular weight excluding hydrogens is 369 g/mol. The summed E-state index contributed by atoms with van der Waals surface area (Å²) >= 11 is 5.74. The van der Waals surface area contributed by atoms with Gasteiger partial charge in [0.05, 0.1) is 16.9 Å². The fraction of sp³-hybridized carbons (Fsp3) is 0.421. The number of anilines is 2. The maximum absolute atomic E-state index is 13.1. The Morgan fingerprint density at radius 3 is 2.81 bits per heavy atom. The molecule has 0 radical (unpaired) electrons. The van der Waals surface area contributed by atoms with Crippen LogP contribution in [0.25, 0.3) is 0 Å². The third-order valence-corrected chi connectivity index (χ3v) is 4.78. The molecular formula is C19H23ClFN5O. The van der Waals surface area contributed by atoms with E-state index >= 15 is 0 Å². The Kier molecular flexibility index (Phi) is 6.81. The lowest BCUT2D eigenvalue weighted by Crippen LogP contribution is -2.29. The van der Waals surface area contributed by atoms with E-state index in [-0.39, 0.29) is 10.9 Å². The molecule has 8 heteroatoms. The van der Waals surface area contributed by atoms with Gasteiger partial charge in [-0.25, -0.2) is 4.39 Å². The molecule has 0 saturated carbocycles. The molecule has 1 fully saturated rings. The summed E-state index contributed by atoms with van der Waals surface area (Å²) in [7, 11) is 0. The number of nitrogens with zero attached hydrogens (tertiary/aromatic N) is 3. The first-order chi connectivity index (χ1) is 13.1. The number of carbonyl (C=O) groups is 1. The molecule has 1 saturated heterocycles. The standard InChI is InChI=1S/C19H23ClFN5O/c20-16-11-14(3-5-17(16)21)4-6-19(27)23-8-7-22-18-12-15(13-24-25-18)26-9-1-2-10-26/h3,5,11-13H,1-2,4,6-10H2,(H,22,25)(H,23,27). The first-order valence-corrected chi connectivity index (χ1v) is 9.52. The third kappa shape index (κ3) is 5.79. The molecule has 0 unspecified atom stereocenters. The van der Waals surface area contributed by atoms with E-state index in [4.69, 9.17) is 11.6 Å². The highest BCUT2D eigenvalue weighted by molar-refractivity contribution is 6.30. The van der Waals surface area contributed by atoms with Gasteiger partial charge in [-0.2, -0.15) is 5.10 Å². The van der Waals surface area contributed by atoms with Crippen LogP contribution in [0.2, 0.25) is 5.02 Å². The number of aromatic nitrogens is 2. The van der Waals surface area contributed by atoms with Gasteiger partial charge in [-0.15, -0.1) is 5.10 Å². The maximum Gasteiger partial charge on any atom is 0.220 e. The minimum absolute atomic E-state index is 0.0610. The van der Waals surface area contributed by atoms with Crippen molar-refractivity contribution >= 4 is 29.0 Å². The van der Waals surface area contributed by atoms with Crippen molar-refractivity contribution in [3.8, 4) is 0 Å². The molecule has 1 aromatic heterocycles. The molecule has 0 bridgehead atoms. The normalized spacial score (nSPS) is 13.6. The van der Waals surface area contributed by atoms with Crippen molar-refractivity contribution in [2.45, 2.75) is 25.7 Å². The Morgan fingerprint density at radius 2 is 2.04 bits per heavy atom. The van der Waals surface area contributed by atoms with E-state index in [0.717, 1.165) is 24.3 Å². The predicted octanol–water partition coefficient (Wildman–Crippen LogP) is 3.03. The van der Waals surface area contributed by atoms with E-state index < -0.39 is 5.82 Å². The summed E-state index contributed by atoms with van der Waals surface area (Å²) in [5.74, 6) is 0.191. The van der Waals surface area contributed by atoms with Crippen molar-refractivity contribution in [3.05, 3.63) is 46.9 Å². The molecule has 2 aromatic rings. The van der Waals surface area contributed by atoms with Crippen molar-refractivity contribution in [2.24, 2.45) is 0 Å². The van der Waals surface area contributed by atoms with Crippen LogP contribution < -0.4 is 15.5 Å². The molecule has 1 aliphatic heterocycles. The molecule has 0 atom stereocenters. The number of amides is 1. The first kappa shape index (κ1) is 19.4. The number of rotatable bonds is 8. The number of carbonyl (C=O) groups excluding carboxylic acids is 1. The molecule has 0 aliphatic carbocycles. The second kappa shape index (κ2) is 9.50. The maximum atomic E-state index is 13.1. The van der Waals surface area contributed by atoms with Crippen molar-refractivity contribution < 1.29 is 9.18 Å². The molecule has 3 rings (SSSR count). The molecule has 27 heavy (non-hydrogen) atoms. The molecule has 6 nitrogen and oxygen atoms in total. The highest BCUT2D eigenvalue weighted by atomic mass is 35.5. The van der Waals surface area contributed by atoms with Gasteiger partial charge in [-0.1, -0.05) is 17.7 Å². The molecule has 144 valence electrons. The average Bonchev–Trinajstić information content (AvgIpc) is 3.21. The van der Waals surface area contributed by atoms with Crippen molar-refractivity contribution in [3.63, 3.8) is 0 Å². The Morgan fingerprint density at radius 1 is 1.22 bits per heavy atom. The second-order valence-electron chi connectivity index (χ2n) is 6.52. The summed E-state index contributed by atoms with van der Waals surface area (Å²) in [5, 5.41) is 14.2. The van der Waals surface area contributed by atoms with Crippen LogP contribution in [0, 0.1) is 5.82 Å². The van der Waals surface area contributed by atoms with Crippen LogP contribution >= 0.6 is 11.6 Å². The lowest BCUT2D eigenvalue weighted by atomic mass is 10.1. The lowest BCUT2D eigenvalue weighted by molar-refractivity contribution is -0.120. The van der Waals surface area contributed by atoms with E-state index in [0.29, 0.717) is 31.7 Å². The van der Waals surface area contributed by atoms with Gasteiger partial charge in [-0.05, 0) is 37.0 Å². The van der Waals surface area contributed by atoms with Gasteiger partial charge in [0.15, 0.2) is 5.82 Å². The van der Waals surface area contributed by atoms with Gasteiger partial charge in [0.1, 0.15) is 5.82 Å². The topological polar surface area (TPSA) is 70.2 Å². The van der Waals surface area contributed by atoms with E-state index in [2.05, 4.69) is 25.7 Å². The zero-order chi connectivity index (χ0) is 19.1. The molecule has 1 aromatic carbocycles. The van der Waals surface area contributed by atoms with E-state index in [9.17, 15) is 9.18 Å². The second-order valence-corrected chi connectivity index (χ2v) is 6.93. The van der Waals surface area contributed by atoms with Gasteiger partial charge >= 0.3 is 0 Å². The van der Waals surface area contributed by atoms with Crippen LogP contribution in [0.1, 0.15) is 24.8 Å². The van der Waals surface area contributed by atoms with Gasteiger partial charge in [-0.3, -0.25) is 4.79 Å². The fourth-order valence-corrected chi connectivity index (χ4v) is 3.23. The van der Waals surface area contributed by atoms with Gasteiger partial charge < -0.3 is 15.5 Å². The van der Waals surface area contributed by atoms with Crippen LogP contribution in [0.4, 0.5) is 15.9 Å². The minimum Gasteiger partial charge on any atom is -0.370 e. The molecule has 2 N–H and O–H groups in total. The van der Waals surface area contributed by atoms with Gasteiger partial charge in [0.25, 0.3) is 0 Å². The zero-order valence-electron chi connectivity index (χ0n) is 15.0. The quantitative estimate of drug-likeness (QED) is 0.677. The Labute approximate surface area is 163 Å². The van der Waals surface area contributed by atoms with Gasteiger partial charge in [0.2, 0.25) is 5.91 Å². The summed E-state index contributed by atoms with van der Waals surface area (Å²) in [4.78, 5) is 14.2. The number of halogens is 2. The Hall–Kier alpha value is -2.41. The number of aryl methyl sites for hydroxylation is 1. The van der Waals surface area contributed by atoms with Crippen molar-refractivity contribution in [1.29, 1.82) is 0 Å². The summed E-state index contributed by atoms with van der Waals surface area (Å²) < 4.78 is 13.1. The molecule has 2 heterocycles. The van der Waals surface area contributed by atoms with Crippen LogP contribution in [0.3, 0.4) is 0 Å². The minimum atomic E-state index is -0.451. The SMILES string of the molecule is O=C(CCc1ccc(F)c(Cl)c1)NCCNc1cc(N2CCCC2)cnn1. The Bertz CT molecular complexity index is 782. The number of nitrogens with one attached hydrogen (secondary N) is 2. The molecule has 1 aliphatic rings. The summed E-state index contributed by atoms with van der Waals surface area (Å²) in [5.41, 5.74) is 1.91. The van der Waals surface area contributed by atoms with Crippen LogP contribution in [-0.4, -0.2) is 42.3 Å².